The van der Waals surface area contributed by atoms with Gasteiger partial charge in [0, 0.05) is 25.7 Å². The smallest absolute Gasteiger partial charge is 0.375 e. The minimum Gasteiger partial charge on any atom is -0.375 e. The molecule has 1 aromatic rings. The average Bonchev–Trinajstić information content (AvgIpc) is 3.46. The van der Waals surface area contributed by atoms with Gasteiger partial charge in [-0.1, -0.05) is 30.4 Å². The molecule has 10 heteroatoms. The zero-order valence-electron chi connectivity index (χ0n) is 18.9. The Balaban J connectivity index is 1.19. The van der Waals surface area contributed by atoms with Gasteiger partial charge in [0.1, 0.15) is 6.54 Å². The lowest BCUT2D eigenvalue weighted by Gasteiger charge is -2.33. The Kier molecular flexibility index (Phi) is 5.42. The number of benzene rings is 1. The van der Waals surface area contributed by atoms with Gasteiger partial charge < -0.3 is 4.74 Å². The molecule has 0 unspecified atom stereocenters. The highest BCUT2D eigenvalue weighted by Crippen LogP contribution is 2.50. The van der Waals surface area contributed by atoms with Gasteiger partial charge in [0.2, 0.25) is 0 Å². The fourth-order valence-electron chi connectivity index (χ4n) is 7.00. The third kappa shape index (κ3) is 4.01. The van der Waals surface area contributed by atoms with Gasteiger partial charge in [0.05, 0.1) is 18.2 Å². The number of alkyl halides is 3. The molecule has 1 aromatic carbocycles. The first-order valence-electron chi connectivity index (χ1n) is 12.1. The molecular formula is C24H30F3N3O3S. The van der Waals surface area contributed by atoms with Gasteiger partial charge in [-0.25, -0.2) is 0 Å². The van der Waals surface area contributed by atoms with Crippen molar-refractivity contribution in [3.8, 4) is 0 Å². The maximum absolute atomic E-state index is 13.1. The fourth-order valence-corrected chi connectivity index (χ4v) is 8.70. The van der Waals surface area contributed by atoms with E-state index >= 15 is 0 Å². The van der Waals surface area contributed by atoms with Gasteiger partial charge in [-0.15, -0.1) is 0 Å². The number of rotatable bonds is 4. The number of hydrogen-bond acceptors (Lipinski definition) is 4. The van der Waals surface area contributed by atoms with Crippen LogP contribution in [0.1, 0.15) is 36.0 Å². The van der Waals surface area contributed by atoms with Crippen LogP contribution < -0.4 is 4.72 Å². The Morgan fingerprint density at radius 2 is 1.94 bits per heavy atom. The molecule has 1 N–H and O–H groups in total. The third-order valence-corrected chi connectivity index (χ3v) is 10.2. The molecule has 2 aliphatic carbocycles. The van der Waals surface area contributed by atoms with E-state index in [9.17, 15) is 21.6 Å². The van der Waals surface area contributed by atoms with Crippen LogP contribution in [0.15, 0.2) is 24.3 Å². The number of hydrogen-bond donors (Lipinski definition) is 1. The maximum atomic E-state index is 13.1. The fraction of sp³-hybridized carbons (Fsp3) is 0.667. The number of ether oxygens (including phenoxy) is 1. The van der Waals surface area contributed by atoms with Crippen LogP contribution >= 0.6 is 0 Å². The van der Waals surface area contributed by atoms with Crippen LogP contribution in [0.3, 0.4) is 0 Å². The molecular weight excluding hydrogens is 467 g/mol. The van der Waals surface area contributed by atoms with E-state index in [1.807, 2.05) is 0 Å². The van der Waals surface area contributed by atoms with E-state index in [0.717, 1.165) is 44.5 Å². The lowest BCUT2D eigenvalue weighted by atomic mass is 9.79. The molecule has 34 heavy (non-hydrogen) atoms. The van der Waals surface area contributed by atoms with Crippen molar-refractivity contribution >= 4 is 16.3 Å². The number of likely N-dealkylation sites (tertiary alicyclic amines) is 1. The molecule has 5 aliphatic rings. The normalized spacial score (nSPS) is 37.1. The summed E-state index contributed by atoms with van der Waals surface area (Å²) in [7, 11) is -4.15. The van der Waals surface area contributed by atoms with Gasteiger partial charge in [0.25, 0.3) is 10.2 Å². The number of fused-ring (bicyclic) bond motifs is 3. The van der Waals surface area contributed by atoms with Crippen LogP contribution in [0.5, 0.6) is 0 Å². The second kappa shape index (κ2) is 8.03. The van der Waals surface area contributed by atoms with Gasteiger partial charge >= 0.3 is 6.18 Å². The van der Waals surface area contributed by atoms with E-state index in [1.54, 1.807) is 0 Å². The van der Waals surface area contributed by atoms with Crippen molar-refractivity contribution in [1.82, 2.24) is 13.9 Å². The molecule has 1 spiro atoms. The molecule has 186 valence electrons. The van der Waals surface area contributed by atoms with Crippen LogP contribution in [0.2, 0.25) is 0 Å². The topological polar surface area (TPSA) is 61.9 Å². The quantitative estimate of drug-likeness (QED) is 0.695. The van der Waals surface area contributed by atoms with E-state index in [2.05, 4.69) is 40.0 Å². The zero-order valence-corrected chi connectivity index (χ0v) is 19.7. The second-order valence-electron chi connectivity index (χ2n) is 10.6. The van der Waals surface area contributed by atoms with Gasteiger partial charge in [-0.2, -0.15) is 30.6 Å². The first-order valence-corrected chi connectivity index (χ1v) is 13.6. The van der Waals surface area contributed by atoms with Crippen molar-refractivity contribution in [2.24, 2.45) is 11.8 Å². The Labute approximate surface area is 198 Å². The van der Waals surface area contributed by atoms with Crippen LogP contribution in [-0.4, -0.2) is 74.3 Å². The summed E-state index contributed by atoms with van der Waals surface area (Å²) in [6.07, 6.45) is 4.30. The standard InChI is InChI=1S/C24H30F3N3O3S/c25-24(26,27)15-30-14-23(28-34(30,31)32)19-5-6-20(23)10-18-8-16(3-4-17(18)9-19)2-1-7-29-12-22-11-21(29)13-33-22/h1-4,8,19-22,28H,5-7,9-15H2/t19-,20+,21-,22-,23+/m0/s1. The summed E-state index contributed by atoms with van der Waals surface area (Å²) in [5.74, 6) is -0.00732. The Morgan fingerprint density at radius 3 is 2.62 bits per heavy atom. The summed E-state index contributed by atoms with van der Waals surface area (Å²) < 4.78 is 73.4. The van der Waals surface area contributed by atoms with E-state index in [1.165, 1.54) is 11.1 Å². The van der Waals surface area contributed by atoms with Gasteiger partial charge in [0.15, 0.2) is 0 Å². The minimum absolute atomic E-state index is 0.000888. The third-order valence-electron chi connectivity index (χ3n) is 8.60. The van der Waals surface area contributed by atoms with Crippen molar-refractivity contribution in [2.75, 3.05) is 32.8 Å². The number of nitrogens with zero attached hydrogens (tertiary/aromatic N) is 2. The van der Waals surface area contributed by atoms with Crippen LogP contribution in [0, 0.1) is 11.8 Å². The summed E-state index contributed by atoms with van der Waals surface area (Å²) >= 11 is 0. The minimum atomic E-state index is -4.56. The number of halogens is 3. The van der Waals surface area contributed by atoms with Crippen LogP contribution in [0.25, 0.3) is 6.08 Å². The summed E-state index contributed by atoms with van der Waals surface area (Å²) in [4.78, 5) is 2.45. The molecule has 3 saturated heterocycles. The monoisotopic (exact) mass is 497 g/mol. The van der Waals surface area contributed by atoms with E-state index in [4.69, 9.17) is 4.74 Å². The molecule has 5 atom stereocenters. The largest absolute Gasteiger partial charge is 0.402 e. The Bertz CT molecular complexity index is 1110. The number of nitrogens with one attached hydrogen (secondary N) is 1. The lowest BCUT2D eigenvalue weighted by molar-refractivity contribution is -0.136. The maximum Gasteiger partial charge on any atom is 0.402 e. The van der Waals surface area contributed by atoms with Crippen molar-refractivity contribution in [3.63, 3.8) is 0 Å². The van der Waals surface area contributed by atoms with Crippen LogP contribution in [0.4, 0.5) is 13.2 Å². The van der Waals surface area contributed by atoms with E-state index in [-0.39, 0.29) is 18.4 Å². The summed E-state index contributed by atoms with van der Waals surface area (Å²) in [5, 5.41) is 0. The van der Waals surface area contributed by atoms with E-state index in [0.29, 0.717) is 29.3 Å². The molecule has 0 radical (unpaired) electrons. The molecule has 3 aliphatic heterocycles. The van der Waals surface area contributed by atoms with Gasteiger partial charge in [-0.3, -0.25) is 4.90 Å². The Morgan fingerprint density at radius 1 is 1.18 bits per heavy atom. The Hall–Kier alpha value is -1.46. The van der Waals surface area contributed by atoms with Crippen molar-refractivity contribution in [1.29, 1.82) is 0 Å². The summed E-state index contributed by atoms with van der Waals surface area (Å²) in [5.41, 5.74) is 2.66. The molecule has 6 nitrogen and oxygen atoms in total. The summed E-state index contributed by atoms with van der Waals surface area (Å²) in [6, 6.07) is 6.91. The van der Waals surface area contributed by atoms with E-state index < -0.39 is 28.5 Å². The first kappa shape index (κ1) is 23.0. The molecule has 1 saturated carbocycles. The molecule has 3 heterocycles. The molecule has 6 rings (SSSR count). The molecule has 4 fully saturated rings. The average molecular weight is 498 g/mol. The lowest BCUT2D eigenvalue weighted by Crippen LogP contribution is -2.52. The molecule has 4 bridgehead atoms. The summed E-state index contributed by atoms with van der Waals surface area (Å²) in [6.45, 7) is 1.17. The number of morpholine rings is 1. The van der Waals surface area contributed by atoms with Gasteiger partial charge in [-0.05, 0) is 60.6 Å². The van der Waals surface area contributed by atoms with Crippen molar-refractivity contribution < 1.29 is 26.3 Å². The SMILES string of the molecule is O=S1(=O)N[C@@]2(CN1CC(F)(F)F)[C@@H]1CC[C@H]2Cc2ccc(C=CCN3C[C@@H]4C[C@H]3CO4)cc2C1. The predicted octanol–water partition coefficient (Wildman–Crippen LogP) is 2.75. The second-order valence-corrected chi connectivity index (χ2v) is 12.3. The molecule has 0 aromatic heterocycles. The zero-order chi connectivity index (χ0) is 23.7. The van der Waals surface area contributed by atoms with Crippen molar-refractivity contribution in [3.05, 3.63) is 41.0 Å². The van der Waals surface area contributed by atoms with Crippen molar-refractivity contribution in [2.45, 2.75) is 56.0 Å². The highest BCUT2D eigenvalue weighted by atomic mass is 32.2. The van der Waals surface area contributed by atoms with Crippen LogP contribution in [-0.2, 0) is 27.8 Å². The highest BCUT2D eigenvalue weighted by molar-refractivity contribution is 7.87. The predicted molar refractivity (Wildman–Crippen MR) is 121 cm³/mol. The first-order chi connectivity index (χ1) is 16.1. The highest BCUT2D eigenvalue weighted by Gasteiger charge is 2.60. The molecule has 0 amide bonds.